The fraction of sp³-hybridized carbons (Fsp3) is 0.556. The molecule has 1 saturated heterocycles. The second kappa shape index (κ2) is 8.80. The van der Waals surface area contributed by atoms with Crippen molar-refractivity contribution in [2.45, 2.75) is 26.3 Å². The lowest BCUT2D eigenvalue weighted by Gasteiger charge is -2.34. The van der Waals surface area contributed by atoms with Crippen molar-refractivity contribution in [1.82, 2.24) is 15.1 Å². The van der Waals surface area contributed by atoms with E-state index in [1.807, 2.05) is 31.2 Å². The molecule has 0 saturated carbocycles. The Labute approximate surface area is 143 Å². The zero-order valence-electron chi connectivity index (χ0n) is 14.5. The first-order chi connectivity index (χ1) is 11.5. The molecule has 132 valence electrons. The Morgan fingerprint density at radius 3 is 2.33 bits per heavy atom. The molecule has 24 heavy (non-hydrogen) atoms. The summed E-state index contributed by atoms with van der Waals surface area (Å²) in [6.45, 7) is 7.12. The van der Waals surface area contributed by atoms with Crippen LogP contribution in [0.15, 0.2) is 24.3 Å². The number of benzene rings is 1. The molecule has 1 heterocycles. The third-order valence-corrected chi connectivity index (χ3v) is 4.51. The van der Waals surface area contributed by atoms with Gasteiger partial charge >= 0.3 is 11.8 Å². The van der Waals surface area contributed by atoms with Gasteiger partial charge in [-0.3, -0.25) is 14.5 Å². The van der Waals surface area contributed by atoms with Crippen LogP contribution in [0.3, 0.4) is 0 Å². The van der Waals surface area contributed by atoms with Crippen LogP contribution in [0.1, 0.15) is 31.0 Å². The molecule has 6 heteroatoms. The van der Waals surface area contributed by atoms with Crippen LogP contribution in [0.2, 0.25) is 0 Å². The summed E-state index contributed by atoms with van der Waals surface area (Å²) in [6, 6.07) is 7.85. The molecule has 1 aromatic rings. The predicted molar refractivity (Wildman–Crippen MR) is 92.5 cm³/mol. The Kier molecular flexibility index (Phi) is 6.75. The van der Waals surface area contributed by atoms with E-state index in [4.69, 9.17) is 5.11 Å². The lowest BCUT2D eigenvalue weighted by atomic mass is 10.0. The normalized spacial score (nSPS) is 16.7. The number of aliphatic hydroxyl groups excluding tert-OH is 1. The lowest BCUT2D eigenvalue weighted by Crippen LogP contribution is -2.53. The third kappa shape index (κ3) is 4.79. The van der Waals surface area contributed by atoms with Gasteiger partial charge in [0.2, 0.25) is 0 Å². The molecule has 1 aromatic carbocycles. The Balaban J connectivity index is 1.85. The number of piperazine rings is 1. The summed E-state index contributed by atoms with van der Waals surface area (Å²) in [4.78, 5) is 28.1. The molecule has 0 aromatic heterocycles. The van der Waals surface area contributed by atoms with E-state index in [-0.39, 0.29) is 12.6 Å². The van der Waals surface area contributed by atoms with Gasteiger partial charge in [-0.2, -0.15) is 0 Å². The highest BCUT2D eigenvalue weighted by Crippen LogP contribution is 2.14. The standard InChI is InChI=1S/C18H27N3O3/c1-3-15-4-6-16(7-5-15)14(2)19-17(23)18(24)21-10-8-20(9-11-21)12-13-22/h4-7,14,22H,3,8-13H2,1-2H3,(H,19,23). The molecule has 1 aliphatic heterocycles. The van der Waals surface area contributed by atoms with Crippen molar-refractivity contribution in [1.29, 1.82) is 0 Å². The Morgan fingerprint density at radius 1 is 1.17 bits per heavy atom. The quantitative estimate of drug-likeness (QED) is 0.773. The molecule has 0 bridgehead atoms. The van der Waals surface area contributed by atoms with E-state index in [2.05, 4.69) is 17.1 Å². The second-order valence-electron chi connectivity index (χ2n) is 6.15. The highest BCUT2D eigenvalue weighted by Gasteiger charge is 2.26. The van der Waals surface area contributed by atoms with Crippen LogP contribution < -0.4 is 5.32 Å². The summed E-state index contributed by atoms with van der Waals surface area (Å²) in [5.74, 6) is -1.03. The van der Waals surface area contributed by atoms with Crippen molar-refractivity contribution in [3.63, 3.8) is 0 Å². The zero-order chi connectivity index (χ0) is 17.5. The SMILES string of the molecule is CCc1ccc(C(C)NC(=O)C(=O)N2CCN(CCO)CC2)cc1. The van der Waals surface area contributed by atoms with Crippen molar-refractivity contribution < 1.29 is 14.7 Å². The van der Waals surface area contributed by atoms with Crippen LogP contribution >= 0.6 is 0 Å². The maximum atomic E-state index is 12.3. The topological polar surface area (TPSA) is 72.9 Å². The summed E-state index contributed by atoms with van der Waals surface area (Å²) in [5, 5.41) is 11.7. The highest BCUT2D eigenvalue weighted by atomic mass is 16.3. The molecular weight excluding hydrogens is 306 g/mol. The van der Waals surface area contributed by atoms with E-state index in [1.54, 1.807) is 4.90 Å². The molecule has 1 unspecified atom stereocenters. The number of aliphatic hydroxyl groups is 1. The molecule has 6 nitrogen and oxygen atoms in total. The molecule has 0 aliphatic carbocycles. The lowest BCUT2D eigenvalue weighted by molar-refractivity contribution is -0.147. The predicted octanol–water partition coefficient (Wildman–Crippen LogP) is 0.563. The minimum absolute atomic E-state index is 0.114. The number of hydrogen-bond acceptors (Lipinski definition) is 4. The van der Waals surface area contributed by atoms with Crippen LogP contribution in [0.4, 0.5) is 0 Å². The van der Waals surface area contributed by atoms with E-state index in [1.165, 1.54) is 5.56 Å². The van der Waals surface area contributed by atoms with E-state index >= 15 is 0 Å². The minimum Gasteiger partial charge on any atom is -0.395 e. The second-order valence-corrected chi connectivity index (χ2v) is 6.15. The maximum absolute atomic E-state index is 12.3. The Morgan fingerprint density at radius 2 is 1.79 bits per heavy atom. The first-order valence-electron chi connectivity index (χ1n) is 8.57. The number of β-amino-alcohol motifs (C(OH)–C–C–N with tert-alkyl or cyclic N) is 1. The van der Waals surface area contributed by atoms with Gasteiger partial charge in [0.15, 0.2) is 0 Å². The van der Waals surface area contributed by atoms with Gasteiger partial charge in [-0.1, -0.05) is 31.2 Å². The van der Waals surface area contributed by atoms with Gasteiger partial charge in [0.05, 0.1) is 12.6 Å². The van der Waals surface area contributed by atoms with Crippen LogP contribution in [0.25, 0.3) is 0 Å². The summed E-state index contributed by atoms with van der Waals surface area (Å²) in [6.07, 6.45) is 0.974. The van der Waals surface area contributed by atoms with Gasteiger partial charge in [0.25, 0.3) is 0 Å². The average Bonchev–Trinajstić information content (AvgIpc) is 2.62. The van der Waals surface area contributed by atoms with Crippen LogP contribution in [0, 0.1) is 0 Å². The highest BCUT2D eigenvalue weighted by molar-refractivity contribution is 6.35. The number of aryl methyl sites for hydroxylation is 1. The van der Waals surface area contributed by atoms with E-state index in [0.717, 1.165) is 12.0 Å². The van der Waals surface area contributed by atoms with Gasteiger partial charge in [-0.25, -0.2) is 0 Å². The smallest absolute Gasteiger partial charge is 0.311 e. The first-order valence-corrected chi connectivity index (χ1v) is 8.57. The van der Waals surface area contributed by atoms with Crippen molar-refractivity contribution >= 4 is 11.8 Å². The molecule has 1 fully saturated rings. The van der Waals surface area contributed by atoms with Gasteiger partial charge in [0.1, 0.15) is 0 Å². The third-order valence-electron chi connectivity index (χ3n) is 4.51. The molecule has 1 aliphatic rings. The van der Waals surface area contributed by atoms with Gasteiger partial charge in [-0.15, -0.1) is 0 Å². The molecule has 1 atom stereocenters. The number of nitrogens with one attached hydrogen (secondary N) is 1. The zero-order valence-corrected chi connectivity index (χ0v) is 14.5. The first kappa shape index (κ1) is 18.4. The largest absolute Gasteiger partial charge is 0.395 e. The summed E-state index contributed by atoms with van der Waals surface area (Å²) in [7, 11) is 0. The van der Waals surface area contributed by atoms with Crippen LogP contribution in [-0.4, -0.2) is 66.1 Å². The summed E-state index contributed by atoms with van der Waals surface area (Å²) < 4.78 is 0. The van der Waals surface area contributed by atoms with Crippen molar-refractivity contribution in [3.05, 3.63) is 35.4 Å². The number of carbonyl (C=O) groups excluding carboxylic acids is 2. The fourth-order valence-corrected chi connectivity index (χ4v) is 2.84. The Hall–Kier alpha value is -1.92. The van der Waals surface area contributed by atoms with Gasteiger partial charge < -0.3 is 15.3 Å². The monoisotopic (exact) mass is 333 g/mol. The number of carbonyl (C=O) groups is 2. The number of hydrogen-bond donors (Lipinski definition) is 2. The van der Waals surface area contributed by atoms with E-state index in [9.17, 15) is 9.59 Å². The Bertz CT molecular complexity index is 551. The van der Waals surface area contributed by atoms with Gasteiger partial charge in [-0.05, 0) is 24.5 Å². The summed E-state index contributed by atoms with van der Waals surface area (Å²) in [5.41, 5.74) is 2.23. The van der Waals surface area contributed by atoms with E-state index in [0.29, 0.717) is 32.7 Å². The molecule has 0 radical (unpaired) electrons. The van der Waals surface area contributed by atoms with E-state index < -0.39 is 11.8 Å². The minimum atomic E-state index is -0.558. The molecular formula is C18H27N3O3. The molecule has 2 rings (SSSR count). The molecule has 2 N–H and O–H groups in total. The molecule has 0 spiro atoms. The van der Waals surface area contributed by atoms with Crippen molar-refractivity contribution in [3.8, 4) is 0 Å². The summed E-state index contributed by atoms with van der Waals surface area (Å²) >= 11 is 0. The van der Waals surface area contributed by atoms with Gasteiger partial charge in [0, 0.05) is 32.7 Å². The number of amides is 2. The fourth-order valence-electron chi connectivity index (χ4n) is 2.84. The van der Waals surface area contributed by atoms with Crippen LogP contribution in [0.5, 0.6) is 0 Å². The van der Waals surface area contributed by atoms with Crippen molar-refractivity contribution in [2.24, 2.45) is 0 Å². The van der Waals surface area contributed by atoms with Crippen molar-refractivity contribution in [2.75, 3.05) is 39.3 Å². The number of nitrogens with zero attached hydrogens (tertiary/aromatic N) is 2. The average molecular weight is 333 g/mol. The maximum Gasteiger partial charge on any atom is 0.311 e. The number of rotatable bonds is 5. The van der Waals surface area contributed by atoms with Crippen LogP contribution in [-0.2, 0) is 16.0 Å². The molecule has 2 amide bonds.